The number of carbonyl (C=O) groups excluding carboxylic acids is 2. The van der Waals surface area contributed by atoms with Crippen LogP contribution in [0, 0.1) is 5.92 Å². The van der Waals surface area contributed by atoms with Crippen molar-refractivity contribution in [1.29, 1.82) is 0 Å². The second-order valence-corrected chi connectivity index (χ2v) is 7.21. The van der Waals surface area contributed by atoms with Crippen molar-refractivity contribution in [3.63, 3.8) is 0 Å². The van der Waals surface area contributed by atoms with E-state index in [1.54, 1.807) is 30.1 Å². The molecule has 0 radical (unpaired) electrons. The molecule has 1 aromatic heterocycles. The van der Waals surface area contributed by atoms with Crippen molar-refractivity contribution < 1.29 is 14.0 Å². The van der Waals surface area contributed by atoms with E-state index in [9.17, 15) is 14.4 Å². The summed E-state index contributed by atoms with van der Waals surface area (Å²) < 4.78 is 6.50. The lowest BCUT2D eigenvalue weighted by atomic mass is 10.1. The maximum absolute atomic E-state index is 12.8. The number of carbonyl (C=O) groups is 2. The molecular weight excluding hydrogens is 334 g/mol. The first kappa shape index (κ1) is 16.9. The van der Waals surface area contributed by atoms with Crippen LogP contribution in [0.2, 0.25) is 0 Å². The Hall–Kier alpha value is -2.57. The van der Waals surface area contributed by atoms with Gasteiger partial charge in [0.25, 0.3) is 5.91 Å². The highest BCUT2D eigenvalue weighted by molar-refractivity contribution is 5.97. The summed E-state index contributed by atoms with van der Waals surface area (Å²) in [5, 5.41) is 0. The fourth-order valence-corrected chi connectivity index (χ4v) is 4.00. The molecule has 4 rings (SSSR count). The summed E-state index contributed by atoms with van der Waals surface area (Å²) in [6.07, 6.45) is 4.30. The van der Waals surface area contributed by atoms with Gasteiger partial charge in [-0.05, 0) is 31.0 Å². The second-order valence-electron chi connectivity index (χ2n) is 7.21. The zero-order valence-corrected chi connectivity index (χ0v) is 14.9. The third-order valence-corrected chi connectivity index (χ3v) is 5.62. The topological polar surface area (TPSA) is 75.8 Å². The minimum Gasteiger partial charge on any atom is -0.408 e. The van der Waals surface area contributed by atoms with Crippen LogP contribution in [0.25, 0.3) is 11.1 Å². The first-order chi connectivity index (χ1) is 12.5. The van der Waals surface area contributed by atoms with Gasteiger partial charge in [0.2, 0.25) is 5.91 Å². The maximum atomic E-state index is 12.8. The van der Waals surface area contributed by atoms with Gasteiger partial charge in [-0.3, -0.25) is 14.2 Å². The minimum absolute atomic E-state index is 0.0754. The monoisotopic (exact) mass is 357 g/mol. The molecule has 2 heterocycles. The van der Waals surface area contributed by atoms with E-state index in [0.29, 0.717) is 42.8 Å². The Morgan fingerprint density at radius 2 is 1.69 bits per heavy atom. The van der Waals surface area contributed by atoms with Crippen LogP contribution in [0.15, 0.2) is 27.4 Å². The summed E-state index contributed by atoms with van der Waals surface area (Å²) in [5.74, 6) is -0.0800. The Balaban J connectivity index is 1.44. The number of fused-ring (bicyclic) bond motifs is 1. The lowest BCUT2D eigenvalue weighted by Crippen LogP contribution is -2.51. The van der Waals surface area contributed by atoms with Crippen LogP contribution in [-0.4, -0.2) is 52.4 Å². The number of oxazole rings is 1. The lowest BCUT2D eigenvalue weighted by molar-refractivity contribution is -0.136. The van der Waals surface area contributed by atoms with Crippen molar-refractivity contribution >= 4 is 22.9 Å². The van der Waals surface area contributed by atoms with Crippen LogP contribution in [0.1, 0.15) is 36.0 Å². The van der Waals surface area contributed by atoms with Gasteiger partial charge in [0.1, 0.15) is 0 Å². The molecular formula is C19H23N3O4. The van der Waals surface area contributed by atoms with Gasteiger partial charge in [-0.15, -0.1) is 0 Å². The molecule has 0 bridgehead atoms. The number of piperazine rings is 1. The molecule has 1 aromatic carbocycles. The molecule has 2 aliphatic rings. The van der Waals surface area contributed by atoms with Gasteiger partial charge in [0, 0.05) is 44.7 Å². The van der Waals surface area contributed by atoms with Crippen molar-refractivity contribution in [2.45, 2.75) is 25.7 Å². The maximum Gasteiger partial charge on any atom is 0.419 e. The summed E-state index contributed by atoms with van der Waals surface area (Å²) in [6, 6.07) is 5.03. The first-order valence-corrected chi connectivity index (χ1v) is 9.22. The highest BCUT2D eigenvalue weighted by atomic mass is 16.4. The molecule has 2 aromatic rings. The molecule has 7 nitrogen and oxygen atoms in total. The van der Waals surface area contributed by atoms with Gasteiger partial charge in [-0.2, -0.15) is 0 Å². The molecule has 2 amide bonds. The average molecular weight is 357 g/mol. The van der Waals surface area contributed by atoms with Gasteiger partial charge in [-0.25, -0.2) is 4.79 Å². The van der Waals surface area contributed by atoms with Crippen molar-refractivity contribution in [2.75, 3.05) is 26.2 Å². The van der Waals surface area contributed by atoms with Gasteiger partial charge < -0.3 is 14.2 Å². The summed E-state index contributed by atoms with van der Waals surface area (Å²) in [5.41, 5.74) is 1.61. The zero-order chi connectivity index (χ0) is 18.3. The third-order valence-electron chi connectivity index (χ3n) is 5.62. The molecule has 2 fully saturated rings. The number of benzene rings is 1. The molecule has 7 heteroatoms. The van der Waals surface area contributed by atoms with Crippen molar-refractivity contribution in [1.82, 2.24) is 14.4 Å². The van der Waals surface area contributed by atoms with E-state index < -0.39 is 5.76 Å². The standard InChI is InChI=1S/C19H23N3O4/c1-20-15-12-14(6-7-16(15)26-19(20)25)18(24)22-10-8-21(9-11-22)17(23)13-4-2-3-5-13/h6-7,12-13H,2-5,8-11H2,1H3. The van der Waals surface area contributed by atoms with E-state index in [1.165, 1.54) is 4.57 Å². The van der Waals surface area contributed by atoms with E-state index in [4.69, 9.17) is 4.42 Å². The molecule has 26 heavy (non-hydrogen) atoms. The molecule has 1 saturated carbocycles. The first-order valence-electron chi connectivity index (χ1n) is 9.22. The number of aromatic nitrogens is 1. The highest BCUT2D eigenvalue weighted by Gasteiger charge is 2.30. The van der Waals surface area contributed by atoms with Crippen LogP contribution >= 0.6 is 0 Å². The number of nitrogens with zero attached hydrogens (tertiary/aromatic N) is 3. The Labute approximate surface area is 151 Å². The minimum atomic E-state index is -0.441. The number of hydrogen-bond acceptors (Lipinski definition) is 4. The highest BCUT2D eigenvalue weighted by Crippen LogP contribution is 2.27. The molecule has 1 saturated heterocycles. The van der Waals surface area contributed by atoms with E-state index in [-0.39, 0.29) is 17.7 Å². The predicted octanol–water partition coefficient (Wildman–Crippen LogP) is 1.61. The summed E-state index contributed by atoms with van der Waals surface area (Å²) in [7, 11) is 1.62. The Bertz CT molecular complexity index is 899. The second kappa shape index (κ2) is 6.63. The van der Waals surface area contributed by atoms with Crippen LogP contribution < -0.4 is 5.76 Å². The predicted molar refractivity (Wildman–Crippen MR) is 95.9 cm³/mol. The molecule has 0 spiro atoms. The number of hydrogen-bond donors (Lipinski definition) is 0. The summed E-state index contributed by atoms with van der Waals surface area (Å²) in [4.78, 5) is 40.6. The van der Waals surface area contributed by atoms with E-state index >= 15 is 0 Å². The fraction of sp³-hybridized carbons (Fsp3) is 0.526. The van der Waals surface area contributed by atoms with Crippen LogP contribution in [0.4, 0.5) is 0 Å². The van der Waals surface area contributed by atoms with E-state index in [1.807, 2.05) is 4.90 Å². The van der Waals surface area contributed by atoms with Crippen molar-refractivity contribution in [2.24, 2.45) is 13.0 Å². The zero-order valence-electron chi connectivity index (χ0n) is 14.9. The summed E-state index contributed by atoms with van der Waals surface area (Å²) in [6.45, 7) is 2.26. The Kier molecular flexibility index (Phi) is 4.30. The van der Waals surface area contributed by atoms with Gasteiger partial charge >= 0.3 is 5.76 Å². The van der Waals surface area contributed by atoms with Gasteiger partial charge in [0.15, 0.2) is 5.58 Å². The van der Waals surface area contributed by atoms with Crippen molar-refractivity contribution in [3.8, 4) is 0 Å². The third kappa shape index (κ3) is 2.91. The molecule has 1 aliphatic heterocycles. The SMILES string of the molecule is Cn1c(=O)oc2ccc(C(=O)N3CCN(C(=O)C4CCCC4)CC3)cc21. The molecule has 0 N–H and O–H groups in total. The molecule has 0 atom stereocenters. The normalized spacial score (nSPS) is 18.7. The van der Waals surface area contributed by atoms with Crippen LogP contribution in [-0.2, 0) is 11.8 Å². The molecule has 138 valence electrons. The summed E-state index contributed by atoms with van der Waals surface area (Å²) >= 11 is 0. The number of rotatable bonds is 2. The number of aryl methyl sites for hydroxylation is 1. The van der Waals surface area contributed by atoms with E-state index in [0.717, 1.165) is 25.7 Å². The quantitative estimate of drug-likeness (QED) is 0.818. The average Bonchev–Trinajstić information content (AvgIpc) is 3.30. The van der Waals surface area contributed by atoms with Gasteiger partial charge in [0.05, 0.1) is 5.52 Å². The van der Waals surface area contributed by atoms with Gasteiger partial charge in [-0.1, -0.05) is 12.8 Å². The Morgan fingerprint density at radius 1 is 1.04 bits per heavy atom. The molecule has 1 aliphatic carbocycles. The molecule has 0 unspecified atom stereocenters. The van der Waals surface area contributed by atoms with Crippen LogP contribution in [0.3, 0.4) is 0 Å². The fourth-order valence-electron chi connectivity index (χ4n) is 4.00. The van der Waals surface area contributed by atoms with Crippen molar-refractivity contribution in [3.05, 3.63) is 34.3 Å². The lowest BCUT2D eigenvalue weighted by Gasteiger charge is -2.36. The van der Waals surface area contributed by atoms with E-state index in [2.05, 4.69) is 0 Å². The smallest absolute Gasteiger partial charge is 0.408 e. The largest absolute Gasteiger partial charge is 0.419 e. The number of amides is 2. The Morgan fingerprint density at radius 3 is 2.38 bits per heavy atom. The van der Waals surface area contributed by atoms with Crippen LogP contribution in [0.5, 0.6) is 0 Å².